The van der Waals surface area contributed by atoms with Crippen molar-refractivity contribution in [3.63, 3.8) is 0 Å². The second-order valence-corrected chi connectivity index (χ2v) is 26.5. The van der Waals surface area contributed by atoms with Crippen LogP contribution in [0.15, 0.2) is 54.4 Å². The molecule has 5 saturated heterocycles. The van der Waals surface area contributed by atoms with Gasteiger partial charge in [-0.1, -0.05) is 26.8 Å². The van der Waals surface area contributed by atoms with Gasteiger partial charge in [-0.15, -0.1) is 11.3 Å². The zero-order chi connectivity index (χ0) is 54.1. The molecule has 79 heavy (non-hydrogen) atoms. The third-order valence-electron chi connectivity index (χ3n) is 19.8. The van der Waals surface area contributed by atoms with E-state index in [1.807, 2.05) is 6.07 Å². The Bertz CT molecular complexity index is 3160. The fourth-order valence-corrected chi connectivity index (χ4v) is 15.4. The van der Waals surface area contributed by atoms with Crippen molar-refractivity contribution in [1.29, 1.82) is 0 Å². The molecule has 0 radical (unpaired) electrons. The van der Waals surface area contributed by atoms with Gasteiger partial charge in [0.15, 0.2) is 0 Å². The molecule has 1 spiro atoms. The van der Waals surface area contributed by atoms with E-state index in [2.05, 4.69) is 120 Å². The van der Waals surface area contributed by atoms with Gasteiger partial charge in [-0.05, 0) is 101 Å². The van der Waals surface area contributed by atoms with Gasteiger partial charge >= 0.3 is 5.97 Å². The zero-order valence-electron chi connectivity index (χ0n) is 46.8. The van der Waals surface area contributed by atoms with Gasteiger partial charge in [-0.3, -0.25) is 44.0 Å². The van der Waals surface area contributed by atoms with Crippen molar-refractivity contribution in [1.82, 2.24) is 59.9 Å². The fourth-order valence-electron chi connectivity index (χ4n) is 14.4. The monoisotopic (exact) mass is 1090 g/mol. The van der Waals surface area contributed by atoms with E-state index >= 15 is 4.79 Å². The Morgan fingerprint density at radius 2 is 1.72 bits per heavy atom. The molecule has 0 unspecified atom stereocenters. The number of piperazine rings is 1. The molecule has 1 aromatic carbocycles. The molecule has 6 bridgehead atoms. The standard InChI is InChI=1S/C60H77N13O5S/c1-35-49(45-15-17-61-34-63-45)50(35)55(74)65-52-54(71-31-60(32-71)16-19-67(60)5)56-64-47(30-79-56)37-9-14-48-42(24-37)44(26-59(3,4)33-78-58(76)46-8-7-18-72(66-46)57(52)75)53(73(48)41-28-70(29-41)39-12-13-39)43-25-40(27-62-51(43)36(2)77-6)69-22-20-68(21-23-69)38-10-11-38/h9,14-15,17,24-25,27,30,34-36,38-39,41,46,49-50,52,54,66H,7-8,10-13,16,18-23,26,28-29,31-33H2,1-6H3,(H,65,74)/t35-,36-,46-,49-,50+,52-,54-/m0/s1. The summed E-state index contributed by atoms with van der Waals surface area (Å²) >= 11 is 1.55. The number of likely N-dealkylation sites (tertiary alicyclic amines) is 3. The van der Waals surface area contributed by atoms with Crippen molar-refractivity contribution in [3.8, 4) is 22.5 Å². The summed E-state index contributed by atoms with van der Waals surface area (Å²) in [6.45, 7) is 17.6. The van der Waals surface area contributed by atoms with E-state index in [0.717, 1.165) is 127 Å². The number of carbonyl (C=O) groups excluding carboxylic acids is 3. The van der Waals surface area contributed by atoms with Crippen molar-refractivity contribution in [3.05, 3.63) is 76.4 Å². The molecule has 10 heterocycles. The second-order valence-electron chi connectivity index (χ2n) is 25.6. The highest BCUT2D eigenvalue weighted by molar-refractivity contribution is 7.10. The summed E-state index contributed by atoms with van der Waals surface area (Å²) in [6.07, 6.45) is 13.0. The maximum Gasteiger partial charge on any atom is 0.324 e. The third kappa shape index (κ3) is 9.36. The molecule has 8 fully saturated rings. The molecule has 19 heteroatoms. The van der Waals surface area contributed by atoms with Crippen LogP contribution >= 0.6 is 11.3 Å². The quantitative estimate of drug-likeness (QED) is 0.143. The zero-order valence-corrected chi connectivity index (χ0v) is 47.6. The number of aromatic nitrogens is 5. The molecule has 5 aromatic rings. The summed E-state index contributed by atoms with van der Waals surface area (Å²) in [4.78, 5) is 77.0. The number of methoxy groups -OCH3 is 1. The number of ether oxygens (including phenoxy) is 2. The van der Waals surface area contributed by atoms with Crippen molar-refractivity contribution in [2.45, 2.75) is 133 Å². The van der Waals surface area contributed by atoms with Crippen LogP contribution in [0.1, 0.15) is 119 Å². The Hall–Kier alpha value is -5.41. The highest BCUT2D eigenvalue weighted by Gasteiger charge is 2.58. The van der Waals surface area contributed by atoms with Gasteiger partial charge in [0.2, 0.25) is 5.91 Å². The van der Waals surface area contributed by atoms with Crippen LogP contribution in [-0.2, 0) is 30.3 Å². The van der Waals surface area contributed by atoms with Crippen LogP contribution in [0.2, 0.25) is 0 Å². The van der Waals surface area contributed by atoms with Crippen LogP contribution in [0.5, 0.6) is 0 Å². The third-order valence-corrected chi connectivity index (χ3v) is 20.7. The minimum atomic E-state index is -1.01. The molecule has 3 saturated carbocycles. The number of esters is 1. The topological polar surface area (TPSA) is 170 Å². The number of thiazole rings is 1. The Kier molecular flexibility index (Phi) is 13.1. The number of cyclic esters (lactones) is 1. The molecule has 9 aliphatic rings. The average Bonchev–Trinajstić information content (AvgIpc) is 4.42. The minimum absolute atomic E-state index is 0.0161. The Morgan fingerprint density at radius 1 is 0.937 bits per heavy atom. The molecule has 7 atom stereocenters. The van der Waals surface area contributed by atoms with E-state index in [1.165, 1.54) is 37.6 Å². The molecule has 2 amide bonds. The van der Waals surface area contributed by atoms with Crippen molar-refractivity contribution >= 4 is 45.7 Å². The van der Waals surface area contributed by atoms with Gasteiger partial charge in [0.25, 0.3) is 5.91 Å². The first kappa shape index (κ1) is 51.7. The van der Waals surface area contributed by atoms with Crippen molar-refractivity contribution in [2.24, 2.45) is 17.3 Å². The molecule has 6 aliphatic heterocycles. The van der Waals surface area contributed by atoms with Gasteiger partial charge in [0.05, 0.1) is 53.8 Å². The number of nitrogens with zero attached hydrogens (tertiary/aromatic N) is 11. The summed E-state index contributed by atoms with van der Waals surface area (Å²) in [7, 11) is 3.95. The lowest BCUT2D eigenvalue weighted by Crippen LogP contribution is -2.77. The number of nitrogens with one attached hydrogen (secondary N) is 2. The van der Waals surface area contributed by atoms with Crippen LogP contribution in [0.3, 0.4) is 0 Å². The second kappa shape index (κ2) is 19.9. The van der Waals surface area contributed by atoms with E-state index in [-0.39, 0.29) is 59.8 Å². The van der Waals surface area contributed by atoms with Crippen molar-refractivity contribution in [2.75, 3.05) is 91.1 Å². The SMILES string of the molecule is CO[C@@H](C)c1ncc(N2CCN(C3CC3)CC2)cc1-c1c2c3cc(ccc3n1C1CN(C3CC3)C1)-c1csc(n1)[C@@H](N1CC3(CCN3C)C1)[C@H](NC(=O)[C@@H]1[C@@H](C)[C@H]1c1ccncn1)C(=O)N1CCC[C@H](N1)C(=O)OCC(C)(C)C2. The Morgan fingerprint density at radius 3 is 2.43 bits per heavy atom. The minimum Gasteiger partial charge on any atom is -0.464 e. The molecule has 4 aromatic heterocycles. The summed E-state index contributed by atoms with van der Waals surface area (Å²) in [5.74, 6) is -1.29. The molecular formula is C60H77N13O5S. The largest absolute Gasteiger partial charge is 0.464 e. The molecular weight excluding hydrogens is 1010 g/mol. The van der Waals surface area contributed by atoms with Crippen LogP contribution in [0.4, 0.5) is 5.69 Å². The summed E-state index contributed by atoms with van der Waals surface area (Å²) in [6, 6.07) is 10.4. The smallest absolute Gasteiger partial charge is 0.324 e. The van der Waals surface area contributed by atoms with E-state index in [4.69, 9.17) is 19.4 Å². The number of hydrogen-bond acceptors (Lipinski definition) is 16. The van der Waals surface area contributed by atoms with Gasteiger partial charge in [0, 0.05) is 147 Å². The van der Waals surface area contributed by atoms with Crippen LogP contribution in [0.25, 0.3) is 33.4 Å². The molecule has 2 N–H and O–H groups in total. The number of pyridine rings is 1. The van der Waals surface area contributed by atoms with Gasteiger partial charge in [-0.2, -0.15) is 0 Å². The highest BCUT2D eigenvalue weighted by Crippen LogP contribution is 2.54. The number of amides is 2. The van der Waals surface area contributed by atoms with Gasteiger partial charge < -0.3 is 24.3 Å². The number of hydrazine groups is 1. The number of fused-ring (bicyclic) bond motifs is 6. The van der Waals surface area contributed by atoms with Crippen LogP contribution < -0.4 is 15.6 Å². The number of likely N-dealkylation sites (N-methyl/N-ethyl adjacent to an activating group) is 1. The number of carbonyl (C=O) groups is 3. The first-order valence-electron chi connectivity index (χ1n) is 29.4. The number of benzene rings is 1. The number of hydrogen-bond donors (Lipinski definition) is 2. The summed E-state index contributed by atoms with van der Waals surface area (Å²) in [5, 5.41) is 8.99. The molecule has 3 aliphatic carbocycles. The molecule has 18 nitrogen and oxygen atoms in total. The van der Waals surface area contributed by atoms with Gasteiger partial charge in [0.1, 0.15) is 23.4 Å². The van der Waals surface area contributed by atoms with Crippen LogP contribution in [0, 0.1) is 17.3 Å². The predicted octanol–water partition coefficient (Wildman–Crippen LogP) is 6.21. The van der Waals surface area contributed by atoms with E-state index in [9.17, 15) is 9.59 Å². The normalized spacial score (nSPS) is 29.1. The first-order chi connectivity index (χ1) is 38.2. The lowest BCUT2D eigenvalue weighted by molar-refractivity contribution is -0.159. The van der Waals surface area contributed by atoms with E-state index in [0.29, 0.717) is 31.8 Å². The first-order valence-corrected chi connectivity index (χ1v) is 30.3. The lowest BCUT2D eigenvalue weighted by Gasteiger charge is -2.63. The van der Waals surface area contributed by atoms with Crippen molar-refractivity contribution < 1.29 is 23.9 Å². The Labute approximate surface area is 467 Å². The summed E-state index contributed by atoms with van der Waals surface area (Å²) < 4.78 is 15.2. The predicted molar refractivity (Wildman–Crippen MR) is 302 cm³/mol. The van der Waals surface area contributed by atoms with Gasteiger partial charge in [-0.25, -0.2) is 20.4 Å². The number of anilines is 1. The van der Waals surface area contributed by atoms with E-state index in [1.54, 1.807) is 29.7 Å². The highest BCUT2D eigenvalue weighted by atomic mass is 32.1. The maximum atomic E-state index is 15.5. The van der Waals surface area contributed by atoms with E-state index < -0.39 is 23.5 Å². The Balaban J connectivity index is 0.908. The lowest BCUT2D eigenvalue weighted by atomic mass is 9.76. The van der Waals surface area contributed by atoms with Crippen LogP contribution in [-0.4, -0.2) is 183 Å². The average molecular weight is 1090 g/mol. The number of rotatable bonds is 11. The maximum absolute atomic E-state index is 15.5. The molecule has 14 rings (SSSR count). The molecule has 418 valence electrons. The summed E-state index contributed by atoms with van der Waals surface area (Å²) in [5.41, 5.74) is 12.1. The fraction of sp³-hybridized carbons (Fsp3) is 0.617.